The van der Waals surface area contributed by atoms with Gasteiger partial charge in [0.2, 0.25) is 0 Å². The van der Waals surface area contributed by atoms with Gasteiger partial charge in [-0.1, -0.05) is 32.0 Å². The Labute approximate surface area is 127 Å². The smallest absolute Gasteiger partial charge is 0.191 e. The lowest BCUT2D eigenvalue weighted by Gasteiger charge is -2.19. The molecule has 1 rings (SSSR count). The molecule has 0 aliphatic heterocycles. The number of nitrogens with zero attached hydrogens (tertiary/aromatic N) is 2. The molecule has 0 aromatic heterocycles. The third-order valence-electron chi connectivity index (χ3n) is 3.32. The van der Waals surface area contributed by atoms with Gasteiger partial charge in [0.15, 0.2) is 5.96 Å². The van der Waals surface area contributed by atoms with Gasteiger partial charge in [-0.25, -0.2) is 9.38 Å². The Bertz CT molecular complexity index is 430. The summed E-state index contributed by atoms with van der Waals surface area (Å²) in [6, 6.07) is 6.74. The van der Waals surface area contributed by atoms with E-state index in [1.54, 1.807) is 12.1 Å². The van der Waals surface area contributed by atoms with Crippen molar-refractivity contribution in [2.45, 2.75) is 27.3 Å². The Balaban J connectivity index is 2.52. The average Bonchev–Trinajstić information content (AvgIpc) is 2.50. The number of hydrogen-bond acceptors (Lipinski definition) is 2. The minimum atomic E-state index is -0.208. The molecule has 1 aromatic rings. The van der Waals surface area contributed by atoms with Gasteiger partial charge < -0.3 is 15.5 Å². The number of aliphatic imine (C=N–C) groups is 1. The van der Waals surface area contributed by atoms with E-state index < -0.39 is 0 Å². The lowest BCUT2D eigenvalue weighted by molar-refractivity contribution is 0.308. The summed E-state index contributed by atoms with van der Waals surface area (Å²) in [6.07, 6.45) is 0. The van der Waals surface area contributed by atoms with Crippen LogP contribution in [0, 0.1) is 5.82 Å². The number of likely N-dealkylation sites (N-methyl/N-ethyl adjacent to an activating group) is 1. The molecule has 118 valence electrons. The molecular weight excluding hydrogens is 267 g/mol. The molecular formula is C16H27FN4. The molecule has 5 heteroatoms. The van der Waals surface area contributed by atoms with Crippen LogP contribution in [0.3, 0.4) is 0 Å². The summed E-state index contributed by atoms with van der Waals surface area (Å²) in [4.78, 5) is 6.77. The zero-order valence-corrected chi connectivity index (χ0v) is 13.3. The fourth-order valence-electron chi connectivity index (χ4n) is 2.00. The van der Waals surface area contributed by atoms with Crippen molar-refractivity contribution in [1.82, 2.24) is 15.5 Å². The van der Waals surface area contributed by atoms with Gasteiger partial charge in [-0.2, -0.15) is 0 Å². The van der Waals surface area contributed by atoms with E-state index in [1.807, 2.05) is 13.0 Å². The van der Waals surface area contributed by atoms with Crippen LogP contribution in [0.5, 0.6) is 0 Å². The molecule has 0 saturated carbocycles. The lowest BCUT2D eigenvalue weighted by atomic mass is 10.2. The molecule has 0 unspecified atom stereocenters. The van der Waals surface area contributed by atoms with Crippen molar-refractivity contribution in [1.29, 1.82) is 0 Å². The molecule has 1 aromatic carbocycles. The summed E-state index contributed by atoms with van der Waals surface area (Å²) < 4.78 is 13.6. The molecule has 2 N–H and O–H groups in total. The van der Waals surface area contributed by atoms with Crippen LogP contribution < -0.4 is 10.6 Å². The van der Waals surface area contributed by atoms with Crippen molar-refractivity contribution in [3.05, 3.63) is 35.6 Å². The normalized spacial score (nSPS) is 11.8. The van der Waals surface area contributed by atoms with E-state index in [1.165, 1.54) is 6.07 Å². The van der Waals surface area contributed by atoms with E-state index >= 15 is 0 Å². The molecule has 4 nitrogen and oxygen atoms in total. The van der Waals surface area contributed by atoms with E-state index in [0.29, 0.717) is 12.1 Å². The summed E-state index contributed by atoms with van der Waals surface area (Å²) >= 11 is 0. The molecule has 0 atom stereocenters. The number of benzene rings is 1. The van der Waals surface area contributed by atoms with Gasteiger partial charge in [0.1, 0.15) is 5.82 Å². The van der Waals surface area contributed by atoms with Gasteiger partial charge in [0.25, 0.3) is 0 Å². The zero-order valence-electron chi connectivity index (χ0n) is 13.3. The number of guanidine groups is 1. The first-order chi connectivity index (χ1) is 10.2. The van der Waals surface area contributed by atoms with Gasteiger partial charge >= 0.3 is 0 Å². The molecule has 0 saturated heterocycles. The van der Waals surface area contributed by atoms with Gasteiger partial charge in [0, 0.05) is 25.2 Å². The maximum Gasteiger partial charge on any atom is 0.191 e. The molecule has 0 aliphatic rings. The van der Waals surface area contributed by atoms with E-state index in [2.05, 4.69) is 34.4 Å². The summed E-state index contributed by atoms with van der Waals surface area (Å²) in [5.74, 6) is 0.521. The highest BCUT2D eigenvalue weighted by Gasteiger charge is 2.02. The Kier molecular flexibility index (Phi) is 8.43. The first-order valence-electron chi connectivity index (χ1n) is 7.69. The fourth-order valence-corrected chi connectivity index (χ4v) is 2.00. The van der Waals surface area contributed by atoms with Crippen LogP contribution >= 0.6 is 0 Å². The van der Waals surface area contributed by atoms with Gasteiger partial charge in [0.05, 0.1) is 6.54 Å². The average molecular weight is 294 g/mol. The monoisotopic (exact) mass is 294 g/mol. The SMILES string of the molecule is CCNC(=NCc1ccccc1F)NCCN(CC)CC. The quantitative estimate of drug-likeness (QED) is 0.570. The maximum absolute atomic E-state index is 13.6. The van der Waals surface area contributed by atoms with E-state index in [-0.39, 0.29) is 5.82 Å². The van der Waals surface area contributed by atoms with E-state index in [4.69, 9.17) is 0 Å². The predicted molar refractivity (Wildman–Crippen MR) is 87.0 cm³/mol. The highest BCUT2D eigenvalue weighted by molar-refractivity contribution is 5.79. The second-order valence-electron chi connectivity index (χ2n) is 4.74. The van der Waals surface area contributed by atoms with Crippen LogP contribution in [0.4, 0.5) is 4.39 Å². The Morgan fingerprint density at radius 1 is 1.14 bits per heavy atom. The van der Waals surface area contributed by atoms with Crippen molar-refractivity contribution in [3.8, 4) is 0 Å². The third kappa shape index (κ3) is 6.58. The van der Waals surface area contributed by atoms with Crippen LogP contribution in [0.1, 0.15) is 26.3 Å². The van der Waals surface area contributed by atoms with Crippen molar-refractivity contribution in [3.63, 3.8) is 0 Å². The van der Waals surface area contributed by atoms with Crippen molar-refractivity contribution < 1.29 is 4.39 Å². The van der Waals surface area contributed by atoms with E-state index in [0.717, 1.165) is 38.7 Å². The molecule has 21 heavy (non-hydrogen) atoms. The maximum atomic E-state index is 13.6. The summed E-state index contributed by atoms with van der Waals surface area (Å²) in [7, 11) is 0. The highest BCUT2D eigenvalue weighted by Crippen LogP contribution is 2.07. The second-order valence-corrected chi connectivity index (χ2v) is 4.74. The molecule has 0 spiro atoms. The van der Waals surface area contributed by atoms with Gasteiger partial charge in [-0.15, -0.1) is 0 Å². The van der Waals surface area contributed by atoms with Crippen LogP contribution in [0.15, 0.2) is 29.3 Å². The minimum absolute atomic E-state index is 0.208. The van der Waals surface area contributed by atoms with Crippen molar-refractivity contribution in [2.75, 3.05) is 32.7 Å². The largest absolute Gasteiger partial charge is 0.357 e. The van der Waals surface area contributed by atoms with Crippen molar-refractivity contribution in [2.24, 2.45) is 4.99 Å². The van der Waals surface area contributed by atoms with Gasteiger partial charge in [-0.05, 0) is 26.1 Å². The molecule has 0 amide bonds. The van der Waals surface area contributed by atoms with Crippen LogP contribution in [0.2, 0.25) is 0 Å². The van der Waals surface area contributed by atoms with Crippen LogP contribution in [-0.4, -0.2) is 43.6 Å². The Hall–Kier alpha value is -1.62. The third-order valence-corrected chi connectivity index (χ3v) is 3.32. The van der Waals surface area contributed by atoms with E-state index in [9.17, 15) is 4.39 Å². The number of halogens is 1. The molecule has 0 heterocycles. The first kappa shape index (κ1) is 17.4. The summed E-state index contributed by atoms with van der Waals surface area (Å²) in [5, 5.41) is 6.46. The zero-order chi connectivity index (χ0) is 15.5. The highest BCUT2D eigenvalue weighted by atomic mass is 19.1. The number of nitrogens with one attached hydrogen (secondary N) is 2. The lowest BCUT2D eigenvalue weighted by Crippen LogP contribution is -2.41. The Morgan fingerprint density at radius 3 is 2.48 bits per heavy atom. The fraction of sp³-hybridized carbons (Fsp3) is 0.562. The first-order valence-corrected chi connectivity index (χ1v) is 7.69. The predicted octanol–water partition coefficient (Wildman–Crippen LogP) is 2.22. The number of hydrogen-bond donors (Lipinski definition) is 2. The second kappa shape index (κ2) is 10.2. The Morgan fingerprint density at radius 2 is 1.86 bits per heavy atom. The summed E-state index contributed by atoms with van der Waals surface area (Å²) in [5.41, 5.74) is 0.610. The number of rotatable bonds is 8. The van der Waals surface area contributed by atoms with Crippen LogP contribution in [0.25, 0.3) is 0 Å². The van der Waals surface area contributed by atoms with Crippen LogP contribution in [-0.2, 0) is 6.54 Å². The standard InChI is InChI=1S/C16H27FN4/c1-4-18-16(19-11-12-21(5-2)6-3)20-13-14-9-7-8-10-15(14)17/h7-10H,4-6,11-13H2,1-3H3,(H2,18,19,20). The van der Waals surface area contributed by atoms with Gasteiger partial charge in [-0.3, -0.25) is 0 Å². The van der Waals surface area contributed by atoms with Crippen molar-refractivity contribution >= 4 is 5.96 Å². The molecule has 0 bridgehead atoms. The minimum Gasteiger partial charge on any atom is -0.357 e. The molecule has 0 aliphatic carbocycles. The summed E-state index contributed by atoms with van der Waals surface area (Å²) in [6.45, 7) is 11.3. The molecule has 0 radical (unpaired) electrons. The topological polar surface area (TPSA) is 39.7 Å². The molecule has 0 fully saturated rings.